The van der Waals surface area contributed by atoms with Gasteiger partial charge < -0.3 is 14.7 Å². The Labute approximate surface area is 126 Å². The Hall–Kier alpha value is -2.89. The number of hydrogen-bond acceptors (Lipinski definition) is 3. The zero-order valence-corrected chi connectivity index (χ0v) is 12.3. The van der Waals surface area contributed by atoms with Gasteiger partial charge in [0.1, 0.15) is 11.2 Å². The molecule has 0 atom stereocenters. The van der Waals surface area contributed by atoms with Gasteiger partial charge in [0.25, 0.3) is 0 Å². The van der Waals surface area contributed by atoms with Gasteiger partial charge in [-0.15, -0.1) is 0 Å². The van der Waals surface area contributed by atoms with Gasteiger partial charge in [-0.25, -0.2) is 9.78 Å². The van der Waals surface area contributed by atoms with Crippen molar-refractivity contribution in [3.63, 3.8) is 0 Å². The fourth-order valence-corrected chi connectivity index (χ4v) is 2.56. The molecular weight excluding hydrogens is 282 g/mol. The third kappa shape index (κ3) is 2.18. The molecule has 3 rings (SSSR count). The van der Waals surface area contributed by atoms with Crippen molar-refractivity contribution < 1.29 is 9.90 Å². The molecular formula is C16H15N3O3. The quantitative estimate of drug-likeness (QED) is 0.775. The molecule has 0 aliphatic rings. The summed E-state index contributed by atoms with van der Waals surface area (Å²) in [6.07, 6.45) is 7.26. The molecule has 3 heterocycles. The van der Waals surface area contributed by atoms with Gasteiger partial charge in [-0.1, -0.05) is 6.92 Å². The average Bonchev–Trinajstić information content (AvgIpc) is 2.91. The van der Waals surface area contributed by atoms with Crippen molar-refractivity contribution in [2.45, 2.75) is 13.3 Å². The summed E-state index contributed by atoms with van der Waals surface area (Å²) in [5, 5.41) is 10.1. The van der Waals surface area contributed by atoms with Crippen LogP contribution in [0.25, 0.3) is 22.2 Å². The number of carboxylic acids is 1. The van der Waals surface area contributed by atoms with Gasteiger partial charge in [0.15, 0.2) is 0 Å². The number of fused-ring (bicyclic) bond motifs is 1. The molecule has 0 aromatic carbocycles. The Morgan fingerprint density at radius 3 is 2.86 bits per heavy atom. The fourth-order valence-electron chi connectivity index (χ4n) is 2.56. The van der Waals surface area contributed by atoms with Gasteiger partial charge in [-0.2, -0.15) is 0 Å². The summed E-state index contributed by atoms with van der Waals surface area (Å²) in [4.78, 5) is 31.0. The van der Waals surface area contributed by atoms with Gasteiger partial charge in [0.05, 0.1) is 0 Å². The number of aromatic amines is 1. The molecule has 0 amide bonds. The standard InChI is InChI=1S/C16H15N3O3/c1-3-9-5-17-15-11(9)4-10(6-18-15)12-7-19(2)8-13(14(12)20)16(21)22/h4-8H,3H2,1-2H3,(H,17,18)(H,21,22). The summed E-state index contributed by atoms with van der Waals surface area (Å²) >= 11 is 0. The molecule has 0 unspecified atom stereocenters. The first-order chi connectivity index (χ1) is 10.5. The second-order valence-electron chi connectivity index (χ2n) is 5.17. The number of nitrogens with one attached hydrogen (secondary N) is 1. The SMILES string of the molecule is CCc1c[nH]c2ncc(-c3cn(C)cc(C(=O)O)c3=O)cc12. The van der Waals surface area contributed by atoms with Crippen molar-refractivity contribution in [2.24, 2.45) is 7.05 Å². The zero-order valence-electron chi connectivity index (χ0n) is 12.3. The number of H-pyrrole nitrogens is 1. The third-order valence-electron chi connectivity index (χ3n) is 3.69. The number of nitrogens with zero attached hydrogens (tertiary/aromatic N) is 2. The molecule has 0 saturated carbocycles. The third-order valence-corrected chi connectivity index (χ3v) is 3.69. The van der Waals surface area contributed by atoms with Crippen LogP contribution in [0.2, 0.25) is 0 Å². The summed E-state index contributed by atoms with van der Waals surface area (Å²) in [5.74, 6) is -1.23. The van der Waals surface area contributed by atoms with Gasteiger partial charge >= 0.3 is 5.97 Å². The minimum atomic E-state index is -1.23. The molecule has 22 heavy (non-hydrogen) atoms. The van der Waals surface area contributed by atoms with Crippen LogP contribution in [0.4, 0.5) is 0 Å². The van der Waals surface area contributed by atoms with E-state index in [0.29, 0.717) is 11.1 Å². The highest BCUT2D eigenvalue weighted by Crippen LogP contribution is 2.23. The second kappa shape index (κ2) is 5.14. The number of pyridine rings is 2. The van der Waals surface area contributed by atoms with Crippen LogP contribution >= 0.6 is 0 Å². The van der Waals surface area contributed by atoms with Crippen LogP contribution in [0.15, 0.2) is 35.6 Å². The maximum absolute atomic E-state index is 12.4. The molecule has 3 aromatic heterocycles. The fraction of sp³-hybridized carbons (Fsp3) is 0.188. The number of carbonyl (C=O) groups is 1. The van der Waals surface area contributed by atoms with E-state index in [1.807, 2.05) is 19.2 Å². The van der Waals surface area contributed by atoms with Crippen molar-refractivity contribution in [2.75, 3.05) is 0 Å². The minimum Gasteiger partial charge on any atom is -0.477 e. The Morgan fingerprint density at radius 2 is 2.18 bits per heavy atom. The van der Waals surface area contributed by atoms with Crippen LogP contribution < -0.4 is 5.43 Å². The highest BCUT2D eigenvalue weighted by molar-refractivity contribution is 5.90. The van der Waals surface area contributed by atoms with Crippen molar-refractivity contribution >= 4 is 17.0 Å². The van der Waals surface area contributed by atoms with E-state index >= 15 is 0 Å². The first kappa shape index (κ1) is 14.1. The van der Waals surface area contributed by atoms with E-state index in [0.717, 1.165) is 23.0 Å². The molecule has 0 fully saturated rings. The lowest BCUT2D eigenvalue weighted by molar-refractivity contribution is 0.0694. The number of aryl methyl sites for hydroxylation is 2. The van der Waals surface area contributed by atoms with Crippen LogP contribution in [0, 0.1) is 0 Å². The Kier molecular flexibility index (Phi) is 3.29. The summed E-state index contributed by atoms with van der Waals surface area (Å²) in [6.45, 7) is 2.04. The van der Waals surface area contributed by atoms with Crippen molar-refractivity contribution in [1.82, 2.24) is 14.5 Å². The molecule has 3 aromatic rings. The number of carboxylic acid groups (broad SMARTS) is 1. The maximum atomic E-state index is 12.4. The van der Waals surface area contributed by atoms with E-state index < -0.39 is 11.4 Å². The zero-order chi connectivity index (χ0) is 15.9. The van der Waals surface area contributed by atoms with Crippen LogP contribution in [0.1, 0.15) is 22.8 Å². The molecule has 0 saturated heterocycles. The topological polar surface area (TPSA) is 88.0 Å². The lowest BCUT2D eigenvalue weighted by Crippen LogP contribution is -2.18. The molecule has 0 aliphatic heterocycles. The first-order valence-electron chi connectivity index (χ1n) is 6.91. The summed E-state index contributed by atoms with van der Waals surface area (Å²) < 4.78 is 1.57. The normalized spacial score (nSPS) is 11.0. The summed E-state index contributed by atoms with van der Waals surface area (Å²) in [6, 6.07) is 1.88. The predicted molar refractivity (Wildman–Crippen MR) is 83.1 cm³/mol. The van der Waals surface area contributed by atoms with Crippen LogP contribution in [-0.2, 0) is 13.5 Å². The van der Waals surface area contributed by atoms with Crippen molar-refractivity contribution in [1.29, 1.82) is 0 Å². The Balaban J connectivity index is 2.27. The number of hydrogen-bond donors (Lipinski definition) is 2. The minimum absolute atomic E-state index is 0.245. The molecule has 6 heteroatoms. The highest BCUT2D eigenvalue weighted by atomic mass is 16.4. The van der Waals surface area contributed by atoms with Gasteiger partial charge in [0.2, 0.25) is 5.43 Å². The Bertz CT molecular complexity index is 937. The average molecular weight is 297 g/mol. The number of aromatic nitrogens is 3. The lowest BCUT2D eigenvalue weighted by Gasteiger charge is -2.06. The Morgan fingerprint density at radius 1 is 1.41 bits per heavy atom. The van der Waals surface area contributed by atoms with Crippen LogP contribution in [0.3, 0.4) is 0 Å². The van der Waals surface area contributed by atoms with Gasteiger partial charge in [0, 0.05) is 48.3 Å². The molecule has 6 nitrogen and oxygen atoms in total. The lowest BCUT2D eigenvalue weighted by atomic mass is 10.0. The van der Waals surface area contributed by atoms with E-state index in [1.165, 1.54) is 6.20 Å². The highest BCUT2D eigenvalue weighted by Gasteiger charge is 2.15. The smallest absolute Gasteiger partial charge is 0.341 e. The summed E-state index contributed by atoms with van der Waals surface area (Å²) in [5.41, 5.74) is 2.07. The molecule has 0 bridgehead atoms. The van der Waals surface area contributed by atoms with Crippen molar-refractivity contribution in [3.8, 4) is 11.1 Å². The van der Waals surface area contributed by atoms with E-state index in [2.05, 4.69) is 9.97 Å². The molecule has 0 radical (unpaired) electrons. The first-order valence-corrected chi connectivity index (χ1v) is 6.91. The van der Waals surface area contributed by atoms with E-state index in [1.54, 1.807) is 24.0 Å². The molecule has 0 aliphatic carbocycles. The van der Waals surface area contributed by atoms with Gasteiger partial charge in [-0.3, -0.25) is 4.79 Å². The summed E-state index contributed by atoms with van der Waals surface area (Å²) in [7, 11) is 1.69. The monoisotopic (exact) mass is 297 g/mol. The van der Waals surface area contributed by atoms with E-state index in [-0.39, 0.29) is 5.56 Å². The number of rotatable bonds is 3. The van der Waals surface area contributed by atoms with E-state index in [9.17, 15) is 9.59 Å². The van der Waals surface area contributed by atoms with Crippen molar-refractivity contribution in [3.05, 3.63) is 52.2 Å². The number of aromatic carboxylic acids is 1. The maximum Gasteiger partial charge on any atom is 0.341 e. The molecule has 0 spiro atoms. The largest absolute Gasteiger partial charge is 0.477 e. The molecule has 2 N–H and O–H groups in total. The van der Waals surface area contributed by atoms with Gasteiger partial charge in [-0.05, 0) is 18.1 Å². The van der Waals surface area contributed by atoms with Crippen LogP contribution in [0.5, 0.6) is 0 Å². The predicted octanol–water partition coefficient (Wildman–Crippen LogP) is 2.19. The van der Waals surface area contributed by atoms with E-state index in [4.69, 9.17) is 5.11 Å². The van der Waals surface area contributed by atoms with Crippen LogP contribution in [-0.4, -0.2) is 25.6 Å². The molecule has 112 valence electrons. The second-order valence-corrected chi connectivity index (χ2v) is 5.17.